The van der Waals surface area contributed by atoms with E-state index in [1.807, 2.05) is 6.92 Å². The van der Waals surface area contributed by atoms with Gasteiger partial charge in [-0.2, -0.15) is 0 Å². The molecule has 0 aromatic heterocycles. The number of aliphatic hydroxyl groups is 1. The number of halogens is 1. The van der Waals surface area contributed by atoms with Gasteiger partial charge in [-0.1, -0.05) is 30.3 Å². The second kappa shape index (κ2) is 12.6. The highest BCUT2D eigenvalue weighted by Gasteiger charge is 2.28. The van der Waals surface area contributed by atoms with E-state index in [0.29, 0.717) is 23.6 Å². The Bertz CT molecular complexity index is 1040. The first-order valence-electron chi connectivity index (χ1n) is 12.8. The summed E-state index contributed by atoms with van der Waals surface area (Å²) in [6, 6.07) is 11.7. The fourth-order valence-corrected chi connectivity index (χ4v) is 5.03. The van der Waals surface area contributed by atoms with Gasteiger partial charge in [0, 0.05) is 18.2 Å². The molecule has 2 aromatic carbocycles. The molecule has 0 saturated heterocycles. The van der Waals surface area contributed by atoms with Crippen LogP contribution in [-0.2, 0) is 27.1 Å². The maximum atomic E-state index is 14.2. The Kier molecular flexibility index (Phi) is 9.83. The highest BCUT2D eigenvalue weighted by atomic mass is 19.1. The molecule has 0 aliphatic heterocycles. The number of nitrogens with one attached hydrogen (secondary N) is 1. The first kappa shape index (κ1) is 28.0. The van der Waals surface area contributed by atoms with Crippen molar-refractivity contribution in [2.75, 3.05) is 19.8 Å². The van der Waals surface area contributed by atoms with E-state index in [-0.39, 0.29) is 24.6 Å². The summed E-state index contributed by atoms with van der Waals surface area (Å²) in [6.07, 6.45) is 5.01. The zero-order chi connectivity index (χ0) is 26.3. The molecule has 5 nitrogen and oxygen atoms in total. The fraction of sp³-hybridized carbons (Fsp3) is 0.500. The van der Waals surface area contributed by atoms with E-state index in [1.165, 1.54) is 23.3 Å². The minimum atomic E-state index is -0.687. The summed E-state index contributed by atoms with van der Waals surface area (Å²) < 4.78 is 25.1. The number of hydrogen-bond donors (Lipinski definition) is 2. The van der Waals surface area contributed by atoms with Gasteiger partial charge in [0.1, 0.15) is 5.82 Å². The van der Waals surface area contributed by atoms with Crippen LogP contribution in [0.4, 0.5) is 4.39 Å². The summed E-state index contributed by atoms with van der Waals surface area (Å²) in [7, 11) is 0. The quantitative estimate of drug-likeness (QED) is 0.307. The van der Waals surface area contributed by atoms with Gasteiger partial charge in [0.25, 0.3) is 0 Å². The molecular weight excluding hydrogens is 457 g/mol. The van der Waals surface area contributed by atoms with Crippen LogP contribution in [0.5, 0.6) is 0 Å². The third-order valence-electron chi connectivity index (χ3n) is 6.88. The Hall–Kier alpha value is -2.54. The molecule has 6 heteroatoms. The lowest BCUT2D eigenvalue weighted by Crippen LogP contribution is -2.45. The van der Waals surface area contributed by atoms with Gasteiger partial charge in [0.15, 0.2) is 0 Å². The van der Waals surface area contributed by atoms with E-state index >= 15 is 0 Å². The Balaban J connectivity index is 1.51. The Morgan fingerprint density at radius 1 is 1.22 bits per heavy atom. The van der Waals surface area contributed by atoms with Crippen LogP contribution < -0.4 is 5.32 Å². The molecule has 36 heavy (non-hydrogen) atoms. The second-order valence-electron chi connectivity index (χ2n) is 10.4. The van der Waals surface area contributed by atoms with Crippen LogP contribution in [0.25, 0.3) is 6.08 Å². The maximum Gasteiger partial charge on any atom is 0.330 e. The Morgan fingerprint density at radius 2 is 1.89 bits per heavy atom. The average Bonchev–Trinajstić information content (AvgIpc) is 3.23. The minimum Gasteiger partial charge on any atom is -0.463 e. The Labute approximate surface area is 214 Å². The summed E-state index contributed by atoms with van der Waals surface area (Å²) in [6.45, 7) is 10.4. The fourth-order valence-electron chi connectivity index (χ4n) is 5.03. The third-order valence-corrected chi connectivity index (χ3v) is 6.88. The molecule has 0 unspecified atom stereocenters. The highest BCUT2D eigenvalue weighted by Crippen LogP contribution is 2.32. The zero-order valence-corrected chi connectivity index (χ0v) is 22.1. The number of carbonyl (C=O) groups excluding carboxylic acids is 1. The number of carbonyl (C=O) groups is 1. The molecule has 0 amide bonds. The summed E-state index contributed by atoms with van der Waals surface area (Å²) in [4.78, 5) is 11.8. The van der Waals surface area contributed by atoms with Crippen LogP contribution in [0.1, 0.15) is 68.0 Å². The van der Waals surface area contributed by atoms with Crippen LogP contribution >= 0.6 is 0 Å². The molecule has 1 aliphatic rings. The second-order valence-corrected chi connectivity index (χ2v) is 10.4. The number of ether oxygens (including phenoxy) is 2. The lowest BCUT2D eigenvalue weighted by Gasteiger charge is -2.31. The van der Waals surface area contributed by atoms with Gasteiger partial charge in [0.2, 0.25) is 0 Å². The van der Waals surface area contributed by atoms with Crippen molar-refractivity contribution in [3.05, 3.63) is 76.1 Å². The molecule has 2 atom stereocenters. The molecular formula is C30H40FNO4. The molecule has 2 aromatic rings. The van der Waals surface area contributed by atoms with Gasteiger partial charge in [-0.15, -0.1) is 0 Å². The van der Waals surface area contributed by atoms with E-state index in [1.54, 1.807) is 26.0 Å². The van der Waals surface area contributed by atoms with Gasteiger partial charge in [-0.3, -0.25) is 0 Å². The minimum absolute atomic E-state index is 0.113. The molecule has 0 saturated carbocycles. The van der Waals surface area contributed by atoms with Crippen LogP contribution in [0, 0.1) is 18.7 Å². The maximum absolute atomic E-state index is 14.2. The predicted octanol–water partition coefficient (Wildman–Crippen LogP) is 5.32. The van der Waals surface area contributed by atoms with Crippen molar-refractivity contribution < 1.29 is 23.8 Å². The van der Waals surface area contributed by atoms with Crippen molar-refractivity contribution in [2.24, 2.45) is 5.92 Å². The number of fused-ring (bicyclic) bond motifs is 1. The molecule has 0 radical (unpaired) electrons. The van der Waals surface area contributed by atoms with Gasteiger partial charge in [-0.05, 0) is 99.8 Å². The van der Waals surface area contributed by atoms with Crippen molar-refractivity contribution >= 4 is 12.0 Å². The average molecular weight is 498 g/mol. The summed E-state index contributed by atoms with van der Waals surface area (Å²) >= 11 is 0. The molecule has 0 spiro atoms. The van der Waals surface area contributed by atoms with Gasteiger partial charge in [-0.25, -0.2) is 9.18 Å². The van der Waals surface area contributed by atoms with E-state index in [0.717, 1.165) is 24.8 Å². The summed E-state index contributed by atoms with van der Waals surface area (Å²) in [5.74, 6) is -0.237. The molecule has 0 fully saturated rings. The number of β-amino-alcohol motifs (C(OH)–C–C–N with tert-alkyl or cyclic N) is 1. The lowest BCUT2D eigenvalue weighted by molar-refractivity contribution is -0.137. The smallest absolute Gasteiger partial charge is 0.330 e. The molecule has 2 N–H and O–H groups in total. The van der Waals surface area contributed by atoms with E-state index in [4.69, 9.17) is 9.47 Å². The SMILES string of the molecule is CCOC(=O)C=Cc1c([C@@H](C)OC[C@H](O)CNC(C)(C)CC2Cc3ccccc3C2)ccc(F)c1C. The predicted molar refractivity (Wildman–Crippen MR) is 141 cm³/mol. The monoisotopic (exact) mass is 497 g/mol. The normalized spacial score (nSPS) is 15.8. The number of rotatable bonds is 12. The lowest BCUT2D eigenvalue weighted by atomic mass is 9.88. The number of aliphatic hydroxyl groups excluding tert-OH is 1. The van der Waals surface area contributed by atoms with Crippen molar-refractivity contribution in [1.29, 1.82) is 0 Å². The van der Waals surface area contributed by atoms with Crippen LogP contribution in [0.3, 0.4) is 0 Å². The van der Waals surface area contributed by atoms with Crippen LogP contribution in [-0.4, -0.2) is 42.5 Å². The van der Waals surface area contributed by atoms with E-state index in [9.17, 15) is 14.3 Å². The van der Waals surface area contributed by atoms with E-state index < -0.39 is 18.2 Å². The van der Waals surface area contributed by atoms with Crippen molar-refractivity contribution in [1.82, 2.24) is 5.32 Å². The van der Waals surface area contributed by atoms with E-state index in [2.05, 4.69) is 43.4 Å². The molecule has 196 valence electrons. The van der Waals surface area contributed by atoms with Gasteiger partial charge >= 0.3 is 5.97 Å². The largest absolute Gasteiger partial charge is 0.463 e. The molecule has 0 bridgehead atoms. The number of hydrogen-bond acceptors (Lipinski definition) is 5. The molecule has 3 rings (SSSR count). The third kappa shape index (κ3) is 7.73. The topological polar surface area (TPSA) is 67.8 Å². The van der Waals surface area contributed by atoms with Crippen LogP contribution in [0.2, 0.25) is 0 Å². The first-order valence-corrected chi connectivity index (χ1v) is 12.8. The van der Waals surface area contributed by atoms with Gasteiger partial charge in [0.05, 0.1) is 25.4 Å². The van der Waals surface area contributed by atoms with Crippen molar-refractivity contribution in [3.63, 3.8) is 0 Å². The highest BCUT2D eigenvalue weighted by molar-refractivity contribution is 5.87. The van der Waals surface area contributed by atoms with Crippen molar-refractivity contribution in [2.45, 2.75) is 71.6 Å². The number of esters is 1. The van der Waals surface area contributed by atoms with Crippen molar-refractivity contribution in [3.8, 4) is 0 Å². The number of benzene rings is 2. The first-order chi connectivity index (χ1) is 17.1. The summed E-state index contributed by atoms with van der Waals surface area (Å²) in [5, 5.41) is 14.1. The summed E-state index contributed by atoms with van der Waals surface area (Å²) in [5.41, 5.74) is 4.55. The molecule has 0 heterocycles. The van der Waals surface area contributed by atoms with Gasteiger partial charge < -0.3 is 19.9 Å². The Morgan fingerprint density at radius 3 is 2.53 bits per heavy atom. The zero-order valence-electron chi connectivity index (χ0n) is 22.1. The standard InChI is InChI=1S/C30H40FNO4/c1-6-35-29(34)14-12-26-20(2)28(31)13-11-27(26)21(3)36-19-25(33)18-32-30(4,5)17-22-15-23-9-7-8-10-24(23)16-22/h7-14,21-22,25,32-33H,6,15-19H2,1-5H3/t21-,25-/m1/s1. The molecule has 1 aliphatic carbocycles. The van der Waals surface area contributed by atoms with Crippen LogP contribution in [0.15, 0.2) is 42.5 Å².